The number of ether oxygens (including phenoxy) is 3. The summed E-state index contributed by atoms with van der Waals surface area (Å²) in [5.74, 6) is -0.999. The molecule has 1 atom stereocenters. The van der Waals surface area contributed by atoms with Crippen LogP contribution in [0.25, 0.3) is 0 Å². The summed E-state index contributed by atoms with van der Waals surface area (Å²) in [6.07, 6.45) is 71.2. The van der Waals surface area contributed by atoms with E-state index in [4.69, 9.17) is 14.2 Å². The average molecular weight is 917 g/mol. The third-order valence-corrected chi connectivity index (χ3v) is 11.3. The maximum absolute atomic E-state index is 12.8. The molecule has 0 saturated carbocycles. The fourth-order valence-electron chi connectivity index (χ4n) is 7.26. The van der Waals surface area contributed by atoms with E-state index in [2.05, 4.69) is 112 Å². The summed E-state index contributed by atoms with van der Waals surface area (Å²) < 4.78 is 16.7. The van der Waals surface area contributed by atoms with Crippen molar-refractivity contribution in [3.05, 3.63) is 97.2 Å². The van der Waals surface area contributed by atoms with Crippen LogP contribution in [0.4, 0.5) is 0 Å². The fourth-order valence-corrected chi connectivity index (χ4v) is 7.26. The number of unbranched alkanes of at least 4 members (excludes halogenated alkanes) is 21. The monoisotopic (exact) mass is 917 g/mol. The Hall–Kier alpha value is -3.67. The van der Waals surface area contributed by atoms with E-state index in [1.807, 2.05) is 6.08 Å². The number of hydrogen-bond acceptors (Lipinski definition) is 6. The van der Waals surface area contributed by atoms with Gasteiger partial charge in [-0.1, -0.05) is 234 Å². The van der Waals surface area contributed by atoms with Crippen molar-refractivity contribution in [2.75, 3.05) is 13.2 Å². The molecule has 0 aromatic carbocycles. The van der Waals surface area contributed by atoms with Crippen molar-refractivity contribution in [3.8, 4) is 0 Å². The highest BCUT2D eigenvalue weighted by Crippen LogP contribution is 2.14. The van der Waals surface area contributed by atoms with Crippen LogP contribution in [0.15, 0.2) is 97.2 Å². The quantitative estimate of drug-likeness (QED) is 0.0262. The molecule has 0 radical (unpaired) electrons. The fraction of sp³-hybridized carbons (Fsp3) is 0.683. The van der Waals surface area contributed by atoms with Gasteiger partial charge >= 0.3 is 17.9 Å². The van der Waals surface area contributed by atoms with Crippen molar-refractivity contribution in [2.45, 2.75) is 252 Å². The Kier molecular flexibility index (Phi) is 50.9. The maximum Gasteiger partial charge on any atom is 0.306 e. The SMILES string of the molecule is CC/C=C\C/C=C\C/C=C\C/C=C\C/C=C\C/C=C\CCC(=O)OCC(COC(=O)CCCCCCCCCCCCC)OC(=O)CCCCCCCCC/C=C\C/C=C\CCCCCC. The van der Waals surface area contributed by atoms with Crippen molar-refractivity contribution in [2.24, 2.45) is 0 Å². The van der Waals surface area contributed by atoms with E-state index < -0.39 is 6.10 Å². The van der Waals surface area contributed by atoms with Gasteiger partial charge in [0.25, 0.3) is 0 Å². The zero-order valence-corrected chi connectivity index (χ0v) is 42.9. The molecule has 0 amide bonds. The molecule has 0 aromatic rings. The van der Waals surface area contributed by atoms with Crippen LogP contribution < -0.4 is 0 Å². The minimum absolute atomic E-state index is 0.103. The van der Waals surface area contributed by atoms with Crippen LogP contribution >= 0.6 is 0 Å². The zero-order chi connectivity index (χ0) is 47.9. The Morgan fingerprint density at radius 2 is 0.621 bits per heavy atom. The second-order valence-electron chi connectivity index (χ2n) is 17.8. The lowest BCUT2D eigenvalue weighted by Gasteiger charge is -2.18. The molecule has 6 nitrogen and oxygen atoms in total. The van der Waals surface area contributed by atoms with Gasteiger partial charge in [0.1, 0.15) is 13.2 Å². The number of carbonyl (C=O) groups is 3. The first-order valence-electron chi connectivity index (χ1n) is 27.2. The standard InChI is InChI=1S/C60H100O6/c1-4-7-10-13-16-19-22-24-26-28-30-32-33-35-38-41-44-47-50-53-59(62)65-56-57(55-64-58(61)52-49-46-43-40-37-21-18-15-12-9-6-3)66-60(63)54-51-48-45-42-39-36-34-31-29-27-25-23-20-17-14-11-8-5-2/h7,10,16,19-20,23-24,26-27,29-30,32,35,38,44,47,57H,4-6,8-9,11-15,17-18,21-22,25,28,31,33-34,36-37,39-43,45-46,48-56H2,1-3H3/b10-7-,19-16-,23-20-,26-24-,29-27-,32-30-,38-35-,47-44-. The summed E-state index contributed by atoms with van der Waals surface area (Å²) >= 11 is 0. The molecule has 376 valence electrons. The minimum atomic E-state index is -0.811. The molecule has 0 aromatic heterocycles. The molecule has 1 unspecified atom stereocenters. The Morgan fingerprint density at radius 1 is 0.318 bits per heavy atom. The first-order valence-corrected chi connectivity index (χ1v) is 27.2. The zero-order valence-electron chi connectivity index (χ0n) is 42.9. The van der Waals surface area contributed by atoms with E-state index in [1.54, 1.807) is 0 Å². The van der Waals surface area contributed by atoms with Crippen molar-refractivity contribution in [3.63, 3.8) is 0 Å². The van der Waals surface area contributed by atoms with E-state index in [0.29, 0.717) is 19.3 Å². The average Bonchev–Trinajstić information content (AvgIpc) is 3.31. The predicted octanol–water partition coefficient (Wildman–Crippen LogP) is 18.1. The summed E-state index contributed by atoms with van der Waals surface area (Å²) in [6.45, 7) is 6.43. The van der Waals surface area contributed by atoms with Gasteiger partial charge in [0, 0.05) is 19.3 Å². The maximum atomic E-state index is 12.8. The van der Waals surface area contributed by atoms with Gasteiger partial charge in [-0.2, -0.15) is 0 Å². The van der Waals surface area contributed by atoms with Gasteiger partial charge in [0.2, 0.25) is 0 Å². The summed E-state index contributed by atoms with van der Waals surface area (Å²) in [5.41, 5.74) is 0. The molecule has 0 aliphatic rings. The molecular weight excluding hydrogens is 817 g/mol. The number of esters is 3. The van der Waals surface area contributed by atoms with Crippen LogP contribution in [-0.2, 0) is 28.6 Å². The number of hydrogen-bond donors (Lipinski definition) is 0. The van der Waals surface area contributed by atoms with Crippen LogP contribution in [0.5, 0.6) is 0 Å². The topological polar surface area (TPSA) is 78.9 Å². The van der Waals surface area contributed by atoms with Gasteiger partial charge in [0.05, 0.1) is 0 Å². The molecular formula is C60H100O6. The van der Waals surface area contributed by atoms with Crippen LogP contribution in [0, 0.1) is 0 Å². The Bertz CT molecular complexity index is 1330. The van der Waals surface area contributed by atoms with Crippen molar-refractivity contribution in [1.82, 2.24) is 0 Å². The van der Waals surface area contributed by atoms with Gasteiger partial charge < -0.3 is 14.2 Å². The van der Waals surface area contributed by atoms with Crippen molar-refractivity contribution >= 4 is 17.9 Å². The molecule has 0 fully saturated rings. The highest BCUT2D eigenvalue weighted by atomic mass is 16.6. The van der Waals surface area contributed by atoms with E-state index >= 15 is 0 Å². The third kappa shape index (κ3) is 51.3. The molecule has 0 aliphatic carbocycles. The van der Waals surface area contributed by atoms with Crippen LogP contribution in [0.1, 0.15) is 245 Å². The van der Waals surface area contributed by atoms with Gasteiger partial charge in [-0.3, -0.25) is 14.4 Å². The summed E-state index contributed by atoms with van der Waals surface area (Å²) in [6, 6.07) is 0. The van der Waals surface area contributed by atoms with Crippen LogP contribution in [0.3, 0.4) is 0 Å². The van der Waals surface area contributed by atoms with Crippen molar-refractivity contribution < 1.29 is 28.6 Å². The van der Waals surface area contributed by atoms with Gasteiger partial charge in [-0.15, -0.1) is 0 Å². The first-order chi connectivity index (χ1) is 32.5. The molecule has 6 heteroatoms. The van der Waals surface area contributed by atoms with E-state index in [9.17, 15) is 14.4 Å². The smallest absolute Gasteiger partial charge is 0.306 e. The largest absolute Gasteiger partial charge is 0.462 e. The normalized spacial score (nSPS) is 12.8. The second kappa shape index (κ2) is 53.9. The third-order valence-electron chi connectivity index (χ3n) is 11.3. The Labute approximate surface area is 407 Å². The molecule has 0 saturated heterocycles. The van der Waals surface area contributed by atoms with E-state index in [1.165, 1.54) is 109 Å². The molecule has 0 rings (SSSR count). The molecule has 0 heterocycles. The first kappa shape index (κ1) is 62.3. The molecule has 0 spiro atoms. The van der Waals surface area contributed by atoms with Gasteiger partial charge in [-0.25, -0.2) is 0 Å². The van der Waals surface area contributed by atoms with E-state index in [0.717, 1.165) is 89.9 Å². The summed E-state index contributed by atoms with van der Waals surface area (Å²) in [5, 5.41) is 0. The lowest BCUT2D eigenvalue weighted by atomic mass is 10.1. The highest BCUT2D eigenvalue weighted by Gasteiger charge is 2.19. The number of allylic oxidation sites excluding steroid dienone is 16. The van der Waals surface area contributed by atoms with E-state index in [-0.39, 0.29) is 37.5 Å². The van der Waals surface area contributed by atoms with Crippen LogP contribution in [0.2, 0.25) is 0 Å². The Morgan fingerprint density at radius 3 is 1.03 bits per heavy atom. The van der Waals surface area contributed by atoms with Gasteiger partial charge in [-0.05, 0) is 89.9 Å². The highest BCUT2D eigenvalue weighted by molar-refractivity contribution is 5.71. The number of carbonyl (C=O) groups excluding carboxylic acids is 3. The molecule has 66 heavy (non-hydrogen) atoms. The Balaban J connectivity index is 4.49. The molecule has 0 N–H and O–H groups in total. The minimum Gasteiger partial charge on any atom is -0.462 e. The lowest BCUT2D eigenvalue weighted by molar-refractivity contribution is -0.166. The summed E-state index contributed by atoms with van der Waals surface area (Å²) in [7, 11) is 0. The molecule has 0 aliphatic heterocycles. The van der Waals surface area contributed by atoms with Gasteiger partial charge in [0.15, 0.2) is 6.10 Å². The van der Waals surface area contributed by atoms with Crippen molar-refractivity contribution in [1.29, 1.82) is 0 Å². The summed E-state index contributed by atoms with van der Waals surface area (Å²) in [4.78, 5) is 38.0. The number of rotatable bonds is 48. The van der Waals surface area contributed by atoms with Crippen LogP contribution in [-0.4, -0.2) is 37.2 Å². The molecule has 0 bridgehead atoms. The second-order valence-corrected chi connectivity index (χ2v) is 17.8. The lowest BCUT2D eigenvalue weighted by Crippen LogP contribution is -2.30. The predicted molar refractivity (Wildman–Crippen MR) is 284 cm³/mol.